The van der Waals surface area contributed by atoms with Crippen molar-refractivity contribution in [3.05, 3.63) is 40.9 Å². The van der Waals surface area contributed by atoms with E-state index in [1.165, 1.54) is 10.9 Å². The monoisotopic (exact) mass is 314 g/mol. The first-order valence-electron chi connectivity index (χ1n) is 8.12. The highest BCUT2D eigenvalue weighted by molar-refractivity contribution is 5.77. The lowest BCUT2D eigenvalue weighted by atomic mass is 10.00. The van der Waals surface area contributed by atoms with E-state index in [0.29, 0.717) is 17.4 Å². The SMILES string of the molecule is CC1NCCCC1NC(=O)CCn1cnc2ccccc2c1=O. The molecule has 2 unspecified atom stereocenters. The van der Waals surface area contributed by atoms with Gasteiger partial charge in [0.1, 0.15) is 0 Å². The molecule has 1 aromatic heterocycles. The zero-order chi connectivity index (χ0) is 16.2. The van der Waals surface area contributed by atoms with Crippen LogP contribution in [0.1, 0.15) is 26.2 Å². The van der Waals surface area contributed by atoms with Crippen LogP contribution in [-0.2, 0) is 11.3 Å². The number of hydrogen-bond acceptors (Lipinski definition) is 4. The summed E-state index contributed by atoms with van der Waals surface area (Å²) in [5, 5.41) is 7.00. The number of rotatable bonds is 4. The Morgan fingerprint density at radius 3 is 3.09 bits per heavy atom. The summed E-state index contributed by atoms with van der Waals surface area (Å²) < 4.78 is 1.50. The second kappa shape index (κ2) is 6.91. The summed E-state index contributed by atoms with van der Waals surface area (Å²) in [6, 6.07) is 7.70. The fourth-order valence-electron chi connectivity index (χ4n) is 3.01. The Labute approximate surface area is 134 Å². The summed E-state index contributed by atoms with van der Waals surface area (Å²) in [5.41, 5.74) is 0.580. The molecule has 6 heteroatoms. The van der Waals surface area contributed by atoms with Crippen LogP contribution < -0.4 is 16.2 Å². The standard InChI is InChI=1S/C17H22N4O2/c1-12-14(7-4-9-18-12)20-16(22)8-10-21-11-19-15-6-3-2-5-13(15)17(21)23/h2-3,5-6,11-12,14,18H,4,7-10H2,1H3,(H,20,22). The zero-order valence-corrected chi connectivity index (χ0v) is 13.3. The Hall–Kier alpha value is -2.21. The molecule has 0 saturated carbocycles. The summed E-state index contributed by atoms with van der Waals surface area (Å²) in [4.78, 5) is 28.8. The van der Waals surface area contributed by atoms with Crippen LogP contribution in [0.2, 0.25) is 0 Å². The molecule has 0 aliphatic carbocycles. The highest BCUT2D eigenvalue weighted by Crippen LogP contribution is 2.08. The van der Waals surface area contributed by atoms with E-state index in [0.717, 1.165) is 19.4 Å². The highest BCUT2D eigenvalue weighted by atomic mass is 16.2. The van der Waals surface area contributed by atoms with Gasteiger partial charge in [-0.15, -0.1) is 0 Å². The van der Waals surface area contributed by atoms with Crippen molar-refractivity contribution in [1.29, 1.82) is 0 Å². The molecule has 23 heavy (non-hydrogen) atoms. The lowest BCUT2D eigenvalue weighted by Gasteiger charge is -2.30. The average molecular weight is 314 g/mol. The van der Waals surface area contributed by atoms with E-state index in [1.807, 2.05) is 18.2 Å². The molecule has 2 heterocycles. The predicted octanol–water partition coefficient (Wildman–Crippen LogP) is 1.04. The maximum Gasteiger partial charge on any atom is 0.261 e. The van der Waals surface area contributed by atoms with E-state index < -0.39 is 0 Å². The molecule has 2 N–H and O–H groups in total. The van der Waals surface area contributed by atoms with Gasteiger partial charge in [-0.3, -0.25) is 14.2 Å². The number of benzene rings is 1. The van der Waals surface area contributed by atoms with Crippen molar-refractivity contribution >= 4 is 16.8 Å². The number of aryl methyl sites for hydroxylation is 1. The summed E-state index contributed by atoms with van der Waals surface area (Å²) >= 11 is 0. The van der Waals surface area contributed by atoms with Crippen LogP contribution >= 0.6 is 0 Å². The number of aromatic nitrogens is 2. The fourth-order valence-corrected chi connectivity index (χ4v) is 3.01. The minimum atomic E-state index is -0.101. The molecular formula is C17H22N4O2. The van der Waals surface area contributed by atoms with Crippen LogP contribution in [0.3, 0.4) is 0 Å². The number of nitrogens with zero attached hydrogens (tertiary/aromatic N) is 2. The molecule has 122 valence electrons. The van der Waals surface area contributed by atoms with Gasteiger partial charge >= 0.3 is 0 Å². The van der Waals surface area contributed by atoms with Gasteiger partial charge in [0, 0.05) is 25.0 Å². The summed E-state index contributed by atoms with van der Waals surface area (Å²) in [6.07, 6.45) is 3.87. The van der Waals surface area contributed by atoms with E-state index >= 15 is 0 Å². The molecule has 0 bridgehead atoms. The first-order valence-corrected chi connectivity index (χ1v) is 8.12. The quantitative estimate of drug-likeness (QED) is 0.884. The molecule has 1 aliphatic heterocycles. The number of amides is 1. The maximum absolute atomic E-state index is 12.4. The normalized spacial score (nSPS) is 21.3. The van der Waals surface area contributed by atoms with Gasteiger partial charge in [-0.1, -0.05) is 12.1 Å². The topological polar surface area (TPSA) is 76.0 Å². The van der Waals surface area contributed by atoms with Crippen LogP contribution in [0.15, 0.2) is 35.4 Å². The van der Waals surface area contributed by atoms with Gasteiger partial charge in [-0.2, -0.15) is 0 Å². The minimum absolute atomic E-state index is 0.0226. The van der Waals surface area contributed by atoms with Crippen LogP contribution in [0, 0.1) is 0 Å². The smallest absolute Gasteiger partial charge is 0.261 e. The van der Waals surface area contributed by atoms with E-state index in [1.54, 1.807) is 6.07 Å². The number of hydrogen-bond donors (Lipinski definition) is 2. The Kier molecular flexibility index (Phi) is 4.71. The molecule has 1 saturated heterocycles. The molecule has 1 aromatic carbocycles. The molecule has 0 spiro atoms. The van der Waals surface area contributed by atoms with Gasteiger partial charge in [0.2, 0.25) is 5.91 Å². The highest BCUT2D eigenvalue weighted by Gasteiger charge is 2.22. The van der Waals surface area contributed by atoms with E-state index in [9.17, 15) is 9.59 Å². The van der Waals surface area contributed by atoms with Gasteiger partial charge in [0.15, 0.2) is 0 Å². The molecule has 1 amide bonds. The Bertz CT molecular complexity index is 756. The van der Waals surface area contributed by atoms with Crippen molar-refractivity contribution in [2.75, 3.05) is 6.54 Å². The average Bonchev–Trinajstić information content (AvgIpc) is 2.57. The summed E-state index contributed by atoms with van der Waals surface area (Å²) in [5.74, 6) is -0.0226. The molecule has 1 aliphatic rings. The third-order valence-electron chi connectivity index (χ3n) is 4.42. The Morgan fingerprint density at radius 2 is 2.26 bits per heavy atom. The van der Waals surface area contributed by atoms with Crippen molar-refractivity contribution < 1.29 is 4.79 Å². The number of carbonyl (C=O) groups excluding carboxylic acids is 1. The lowest BCUT2D eigenvalue weighted by molar-refractivity contribution is -0.122. The number of piperidine rings is 1. The number of carbonyl (C=O) groups is 1. The van der Waals surface area contributed by atoms with E-state index in [4.69, 9.17) is 0 Å². The van der Waals surface area contributed by atoms with Crippen molar-refractivity contribution in [2.24, 2.45) is 0 Å². The molecule has 1 fully saturated rings. The minimum Gasteiger partial charge on any atom is -0.352 e. The van der Waals surface area contributed by atoms with E-state index in [2.05, 4.69) is 22.5 Å². The number of para-hydroxylation sites is 1. The third-order valence-corrected chi connectivity index (χ3v) is 4.42. The zero-order valence-electron chi connectivity index (χ0n) is 13.3. The van der Waals surface area contributed by atoms with Crippen molar-refractivity contribution in [3.8, 4) is 0 Å². The summed E-state index contributed by atoms with van der Waals surface area (Å²) in [7, 11) is 0. The molecule has 3 rings (SSSR count). The van der Waals surface area contributed by atoms with Crippen molar-refractivity contribution in [3.63, 3.8) is 0 Å². The first-order chi connectivity index (χ1) is 11.1. The largest absolute Gasteiger partial charge is 0.352 e. The second-order valence-electron chi connectivity index (χ2n) is 6.07. The third kappa shape index (κ3) is 3.59. The van der Waals surface area contributed by atoms with Gasteiger partial charge < -0.3 is 10.6 Å². The number of nitrogens with one attached hydrogen (secondary N) is 2. The van der Waals surface area contributed by atoms with Gasteiger partial charge in [-0.25, -0.2) is 4.98 Å². The Morgan fingerprint density at radius 1 is 1.43 bits per heavy atom. The van der Waals surface area contributed by atoms with Crippen LogP contribution in [0.4, 0.5) is 0 Å². The van der Waals surface area contributed by atoms with Gasteiger partial charge in [0.05, 0.1) is 17.2 Å². The molecular weight excluding hydrogens is 292 g/mol. The molecule has 2 atom stereocenters. The Balaban J connectivity index is 1.63. The van der Waals surface area contributed by atoms with E-state index in [-0.39, 0.29) is 30.0 Å². The second-order valence-corrected chi connectivity index (χ2v) is 6.07. The number of fused-ring (bicyclic) bond motifs is 1. The fraction of sp³-hybridized carbons (Fsp3) is 0.471. The van der Waals surface area contributed by atoms with Gasteiger partial charge in [-0.05, 0) is 38.4 Å². The van der Waals surface area contributed by atoms with Crippen LogP contribution in [0.5, 0.6) is 0 Å². The predicted molar refractivity (Wildman–Crippen MR) is 89.2 cm³/mol. The molecule has 0 radical (unpaired) electrons. The van der Waals surface area contributed by atoms with Crippen LogP contribution in [0.25, 0.3) is 10.9 Å². The first kappa shape index (κ1) is 15.7. The van der Waals surface area contributed by atoms with Crippen molar-refractivity contribution in [2.45, 2.75) is 44.8 Å². The molecule has 2 aromatic rings. The van der Waals surface area contributed by atoms with Crippen LogP contribution in [-0.4, -0.2) is 34.1 Å². The lowest BCUT2D eigenvalue weighted by Crippen LogP contribution is -2.52. The maximum atomic E-state index is 12.4. The summed E-state index contributed by atoms with van der Waals surface area (Å²) in [6.45, 7) is 3.44. The molecule has 6 nitrogen and oxygen atoms in total. The van der Waals surface area contributed by atoms with Crippen molar-refractivity contribution in [1.82, 2.24) is 20.2 Å². The van der Waals surface area contributed by atoms with Gasteiger partial charge in [0.25, 0.3) is 5.56 Å².